The fourth-order valence-electron chi connectivity index (χ4n) is 2.06. The lowest BCUT2D eigenvalue weighted by atomic mass is 10.5. The summed E-state index contributed by atoms with van der Waals surface area (Å²) in [7, 11) is -1.63. The van der Waals surface area contributed by atoms with Crippen molar-refractivity contribution in [2.75, 3.05) is 45.1 Å². The molecule has 1 unspecified atom stereocenters. The van der Waals surface area contributed by atoms with E-state index in [2.05, 4.69) is 25.6 Å². The molecule has 1 saturated heterocycles. The second kappa shape index (κ2) is 9.82. The van der Waals surface area contributed by atoms with Crippen molar-refractivity contribution < 1.29 is 27.1 Å². The summed E-state index contributed by atoms with van der Waals surface area (Å²) in [5, 5.41) is 5.14. The first-order valence-corrected chi connectivity index (χ1v) is 10.2. The number of hydrogen-bond donors (Lipinski definition) is 3. The van der Waals surface area contributed by atoms with Crippen molar-refractivity contribution >= 4 is 34.0 Å². The SMILES string of the molecule is COc1nc(NC(=O)NS(=O)(=O)N(CCCF)C2NCCS2)nc(OC)n1. The number of aromatic nitrogens is 3. The predicted octanol–water partition coefficient (Wildman–Crippen LogP) is -0.463. The van der Waals surface area contributed by atoms with Crippen LogP contribution in [0.4, 0.5) is 15.1 Å². The largest absolute Gasteiger partial charge is 0.467 e. The van der Waals surface area contributed by atoms with Gasteiger partial charge in [0.1, 0.15) is 5.50 Å². The van der Waals surface area contributed by atoms with Gasteiger partial charge in [0.15, 0.2) is 0 Å². The maximum Gasteiger partial charge on any atom is 0.336 e. The molecule has 27 heavy (non-hydrogen) atoms. The fraction of sp³-hybridized carbons (Fsp3) is 0.667. The van der Waals surface area contributed by atoms with E-state index in [1.807, 2.05) is 4.72 Å². The minimum atomic E-state index is -4.24. The second-order valence-corrected chi connectivity index (χ2v) is 7.84. The van der Waals surface area contributed by atoms with Crippen LogP contribution >= 0.6 is 11.8 Å². The van der Waals surface area contributed by atoms with Gasteiger partial charge in [0.25, 0.3) is 0 Å². The summed E-state index contributed by atoms with van der Waals surface area (Å²) in [6.45, 7) is -0.162. The standard InChI is InChI=1S/C12H20FN7O5S2/c1-24-10-16-8(17-11(18-10)25-2)15-9(21)19-27(22,23)20(6-3-4-13)12-14-5-7-26-12/h12,14H,3-7H2,1-2H3,(H2,15,16,17,18,19,21). The number of amides is 2. The van der Waals surface area contributed by atoms with Crippen LogP contribution in [-0.4, -0.2) is 78.9 Å². The maximum absolute atomic E-state index is 12.5. The third-order valence-electron chi connectivity index (χ3n) is 3.19. The number of methoxy groups -OCH3 is 2. The Bertz CT molecular complexity index is 725. The summed E-state index contributed by atoms with van der Waals surface area (Å²) in [6, 6.07) is -1.36. The number of rotatable bonds is 9. The number of urea groups is 1. The molecule has 2 amide bonds. The van der Waals surface area contributed by atoms with Crippen LogP contribution in [0.2, 0.25) is 0 Å². The van der Waals surface area contributed by atoms with Crippen molar-refractivity contribution in [2.24, 2.45) is 0 Å². The molecule has 1 aromatic heterocycles. The van der Waals surface area contributed by atoms with Gasteiger partial charge >= 0.3 is 28.3 Å². The Balaban J connectivity index is 2.09. The van der Waals surface area contributed by atoms with E-state index in [9.17, 15) is 17.6 Å². The van der Waals surface area contributed by atoms with Crippen LogP contribution in [0.3, 0.4) is 0 Å². The van der Waals surface area contributed by atoms with E-state index in [0.717, 1.165) is 4.31 Å². The van der Waals surface area contributed by atoms with Gasteiger partial charge in [-0.25, -0.2) is 9.52 Å². The van der Waals surface area contributed by atoms with Crippen molar-refractivity contribution in [3.8, 4) is 12.0 Å². The molecule has 3 N–H and O–H groups in total. The van der Waals surface area contributed by atoms with Gasteiger partial charge in [-0.1, -0.05) is 0 Å². The van der Waals surface area contributed by atoms with Gasteiger partial charge in [-0.2, -0.15) is 22.7 Å². The second-order valence-electron chi connectivity index (χ2n) is 5.02. The van der Waals surface area contributed by atoms with Crippen LogP contribution < -0.4 is 24.8 Å². The Hall–Kier alpha value is -1.97. The van der Waals surface area contributed by atoms with Crippen LogP contribution in [0, 0.1) is 0 Å². The number of alkyl halides is 1. The lowest BCUT2D eigenvalue weighted by molar-refractivity contribution is 0.255. The molecule has 1 aromatic rings. The number of anilines is 1. The zero-order chi connectivity index (χ0) is 19.9. The average molecular weight is 425 g/mol. The highest BCUT2D eigenvalue weighted by atomic mass is 32.2. The Kier molecular flexibility index (Phi) is 7.76. The zero-order valence-corrected chi connectivity index (χ0v) is 16.3. The smallest absolute Gasteiger partial charge is 0.336 e. The van der Waals surface area contributed by atoms with Gasteiger partial charge in [0.05, 0.1) is 20.9 Å². The lowest BCUT2D eigenvalue weighted by Gasteiger charge is -2.26. The van der Waals surface area contributed by atoms with E-state index in [4.69, 9.17) is 9.47 Å². The summed E-state index contributed by atoms with van der Waals surface area (Å²) in [6.07, 6.45) is 0.00311. The first-order valence-electron chi connectivity index (χ1n) is 7.75. The van der Waals surface area contributed by atoms with Gasteiger partial charge in [0, 0.05) is 18.8 Å². The van der Waals surface area contributed by atoms with Crippen LogP contribution in [0.15, 0.2) is 0 Å². The molecular formula is C12H20FN7O5S2. The Morgan fingerprint density at radius 3 is 2.52 bits per heavy atom. The molecule has 1 aliphatic rings. The molecule has 0 spiro atoms. The molecule has 0 bridgehead atoms. The first kappa shape index (κ1) is 21.3. The van der Waals surface area contributed by atoms with Crippen molar-refractivity contribution in [2.45, 2.75) is 11.9 Å². The van der Waals surface area contributed by atoms with Crippen molar-refractivity contribution in [1.82, 2.24) is 29.3 Å². The topological polar surface area (TPSA) is 148 Å². The van der Waals surface area contributed by atoms with Crippen LogP contribution in [-0.2, 0) is 10.2 Å². The fourth-order valence-corrected chi connectivity index (χ4v) is 4.64. The summed E-state index contributed by atoms with van der Waals surface area (Å²) < 4.78 is 50.2. The molecular weight excluding hydrogens is 405 g/mol. The number of thioether (sulfide) groups is 1. The van der Waals surface area contributed by atoms with E-state index in [1.54, 1.807) is 0 Å². The van der Waals surface area contributed by atoms with Gasteiger partial charge in [-0.15, -0.1) is 16.7 Å². The molecule has 152 valence electrons. The highest BCUT2D eigenvalue weighted by Crippen LogP contribution is 2.21. The molecule has 2 rings (SSSR count). The normalized spacial score (nSPS) is 17.0. The van der Waals surface area contributed by atoms with Crippen molar-refractivity contribution in [3.63, 3.8) is 0 Å². The van der Waals surface area contributed by atoms with E-state index < -0.39 is 28.4 Å². The molecule has 1 fully saturated rings. The number of ether oxygens (including phenoxy) is 2. The predicted molar refractivity (Wildman–Crippen MR) is 95.6 cm³/mol. The van der Waals surface area contributed by atoms with E-state index >= 15 is 0 Å². The minimum Gasteiger partial charge on any atom is -0.467 e. The highest BCUT2D eigenvalue weighted by molar-refractivity contribution is 8.00. The van der Waals surface area contributed by atoms with Gasteiger partial charge in [-0.05, 0) is 6.42 Å². The Labute approximate surface area is 159 Å². The number of nitrogens with one attached hydrogen (secondary N) is 3. The number of hydrogen-bond acceptors (Lipinski definition) is 10. The third-order valence-corrected chi connectivity index (χ3v) is 5.95. The number of carbonyl (C=O) groups is 1. The van der Waals surface area contributed by atoms with E-state index in [1.165, 1.54) is 26.0 Å². The zero-order valence-electron chi connectivity index (χ0n) is 14.6. The molecule has 1 aliphatic heterocycles. The van der Waals surface area contributed by atoms with E-state index in [0.29, 0.717) is 12.3 Å². The quantitative estimate of drug-likeness (QED) is 0.474. The van der Waals surface area contributed by atoms with Gasteiger partial charge in [0.2, 0.25) is 5.95 Å². The maximum atomic E-state index is 12.5. The number of halogens is 1. The summed E-state index contributed by atoms with van der Waals surface area (Å²) in [5.41, 5.74) is -0.584. The number of carbonyl (C=O) groups excluding carboxylic acids is 1. The summed E-state index contributed by atoms with van der Waals surface area (Å²) in [5.74, 6) is 0.429. The molecule has 0 aromatic carbocycles. The summed E-state index contributed by atoms with van der Waals surface area (Å²) >= 11 is 1.34. The Morgan fingerprint density at radius 2 is 2.00 bits per heavy atom. The molecule has 0 radical (unpaired) electrons. The van der Waals surface area contributed by atoms with Crippen molar-refractivity contribution in [1.29, 1.82) is 0 Å². The van der Waals surface area contributed by atoms with Gasteiger partial charge < -0.3 is 9.47 Å². The molecule has 15 heteroatoms. The summed E-state index contributed by atoms with van der Waals surface area (Å²) in [4.78, 5) is 23.4. The van der Waals surface area contributed by atoms with Crippen LogP contribution in [0.25, 0.3) is 0 Å². The molecule has 12 nitrogen and oxygen atoms in total. The molecule has 2 heterocycles. The third kappa shape index (κ3) is 6.02. The van der Waals surface area contributed by atoms with Crippen molar-refractivity contribution in [3.05, 3.63) is 0 Å². The highest BCUT2D eigenvalue weighted by Gasteiger charge is 2.33. The minimum absolute atomic E-state index is 0.00311. The molecule has 0 saturated carbocycles. The molecule has 1 atom stereocenters. The number of nitrogens with zero attached hydrogens (tertiary/aromatic N) is 4. The average Bonchev–Trinajstić information content (AvgIpc) is 3.14. The monoisotopic (exact) mass is 425 g/mol. The Morgan fingerprint density at radius 1 is 1.33 bits per heavy atom. The lowest BCUT2D eigenvalue weighted by Crippen LogP contribution is -2.52. The van der Waals surface area contributed by atoms with Crippen LogP contribution in [0.1, 0.15) is 6.42 Å². The van der Waals surface area contributed by atoms with Crippen LogP contribution in [0.5, 0.6) is 12.0 Å². The first-order chi connectivity index (χ1) is 12.9. The van der Waals surface area contributed by atoms with Gasteiger partial charge in [-0.3, -0.25) is 15.0 Å². The van der Waals surface area contributed by atoms with E-state index in [-0.39, 0.29) is 30.9 Å². The molecule has 0 aliphatic carbocycles.